The second kappa shape index (κ2) is 5.33. The fourth-order valence-corrected chi connectivity index (χ4v) is 2.00. The predicted octanol–water partition coefficient (Wildman–Crippen LogP) is 0.338. The van der Waals surface area contributed by atoms with E-state index in [0.717, 1.165) is 5.56 Å². The molecule has 0 aliphatic carbocycles. The third-order valence-corrected chi connectivity index (χ3v) is 2.96. The van der Waals surface area contributed by atoms with E-state index in [1.54, 1.807) is 4.68 Å². The second-order valence-electron chi connectivity index (χ2n) is 4.37. The third kappa shape index (κ3) is 2.72. The third-order valence-electron chi connectivity index (χ3n) is 2.96. The van der Waals surface area contributed by atoms with Gasteiger partial charge < -0.3 is 15.2 Å². The smallest absolute Gasteiger partial charge is 0.182 e. The van der Waals surface area contributed by atoms with Crippen LogP contribution < -0.4 is 5.73 Å². The first-order valence-electron chi connectivity index (χ1n) is 6.14. The highest BCUT2D eigenvalue weighted by molar-refractivity contribution is 5.58. The van der Waals surface area contributed by atoms with Crippen molar-refractivity contribution in [1.29, 1.82) is 0 Å². The fraction of sp³-hybridized carbons (Fsp3) is 0.417. The van der Waals surface area contributed by atoms with E-state index in [-0.39, 0.29) is 6.10 Å². The predicted molar refractivity (Wildman–Crippen MR) is 68.2 cm³/mol. The van der Waals surface area contributed by atoms with E-state index in [4.69, 9.17) is 15.2 Å². The van der Waals surface area contributed by atoms with Crippen molar-refractivity contribution in [2.75, 3.05) is 25.6 Å². The molecule has 0 amide bonds. The fourth-order valence-electron chi connectivity index (χ4n) is 2.00. The van der Waals surface area contributed by atoms with Crippen molar-refractivity contribution in [2.24, 2.45) is 0 Å². The molecule has 0 bridgehead atoms. The highest BCUT2D eigenvalue weighted by atomic mass is 16.6. The van der Waals surface area contributed by atoms with Crippen molar-refractivity contribution in [2.45, 2.75) is 12.6 Å². The molecule has 2 heterocycles. The van der Waals surface area contributed by atoms with Gasteiger partial charge in [-0.15, -0.1) is 5.10 Å². The Hall–Kier alpha value is -1.99. The number of nitrogen functional groups attached to an aromatic ring is 1. The molecule has 0 spiro atoms. The molecule has 1 unspecified atom stereocenters. The molecule has 1 aromatic carbocycles. The van der Waals surface area contributed by atoms with Gasteiger partial charge in [0.25, 0.3) is 0 Å². The van der Waals surface area contributed by atoms with Crippen LogP contribution in [0.25, 0.3) is 11.4 Å². The van der Waals surface area contributed by atoms with E-state index in [9.17, 15) is 0 Å². The number of ether oxygens (including phenoxy) is 2. The van der Waals surface area contributed by atoms with Crippen molar-refractivity contribution < 1.29 is 9.47 Å². The lowest BCUT2D eigenvalue weighted by Gasteiger charge is -2.22. The highest BCUT2D eigenvalue weighted by Crippen LogP contribution is 2.18. The van der Waals surface area contributed by atoms with Crippen LogP contribution in [0.3, 0.4) is 0 Å². The number of nitrogens with two attached hydrogens (primary N) is 1. The molecule has 19 heavy (non-hydrogen) atoms. The van der Waals surface area contributed by atoms with Gasteiger partial charge in [0.2, 0.25) is 0 Å². The lowest BCUT2D eigenvalue weighted by atomic mass is 10.2. The molecule has 1 aromatic heterocycles. The van der Waals surface area contributed by atoms with Crippen molar-refractivity contribution in [3.8, 4) is 11.4 Å². The summed E-state index contributed by atoms with van der Waals surface area (Å²) in [4.78, 5) is 0. The van der Waals surface area contributed by atoms with Gasteiger partial charge in [0, 0.05) is 11.3 Å². The minimum absolute atomic E-state index is 0.00946. The standard InChI is InChI=1S/C12H15N5O2/c13-10-3-1-9(2-4-10)12-14-15-16-17(12)7-11-8-18-5-6-19-11/h1-4,11H,5-8,13H2. The first-order valence-corrected chi connectivity index (χ1v) is 6.14. The monoisotopic (exact) mass is 261 g/mol. The topological polar surface area (TPSA) is 88.1 Å². The van der Waals surface area contributed by atoms with Gasteiger partial charge in [-0.3, -0.25) is 0 Å². The average Bonchev–Trinajstić information content (AvgIpc) is 2.89. The molecule has 2 aromatic rings. The first kappa shape index (κ1) is 12.1. The number of hydrogen-bond acceptors (Lipinski definition) is 6. The number of aromatic nitrogens is 4. The minimum Gasteiger partial charge on any atom is -0.399 e. The Morgan fingerprint density at radius 3 is 2.84 bits per heavy atom. The molecule has 7 heteroatoms. The van der Waals surface area contributed by atoms with Crippen molar-refractivity contribution in [3.63, 3.8) is 0 Å². The van der Waals surface area contributed by atoms with Crippen LogP contribution in [0.2, 0.25) is 0 Å². The zero-order valence-electron chi connectivity index (χ0n) is 10.4. The van der Waals surface area contributed by atoms with Gasteiger partial charge in [-0.25, -0.2) is 4.68 Å². The Bertz CT molecular complexity index is 533. The molecule has 7 nitrogen and oxygen atoms in total. The zero-order valence-corrected chi connectivity index (χ0v) is 10.4. The van der Waals surface area contributed by atoms with Crippen LogP contribution in [0.5, 0.6) is 0 Å². The van der Waals surface area contributed by atoms with Gasteiger partial charge in [0.05, 0.1) is 26.4 Å². The SMILES string of the molecule is Nc1ccc(-c2nnnn2CC2COCCO2)cc1. The summed E-state index contributed by atoms with van der Waals surface area (Å²) < 4.78 is 12.7. The summed E-state index contributed by atoms with van der Waals surface area (Å²) in [5, 5.41) is 11.8. The number of rotatable bonds is 3. The molecule has 2 N–H and O–H groups in total. The molecule has 3 rings (SSSR count). The van der Waals surface area contributed by atoms with Crippen LogP contribution in [0.4, 0.5) is 5.69 Å². The Kier molecular flexibility index (Phi) is 3.39. The maximum atomic E-state index is 5.67. The van der Waals surface area contributed by atoms with Gasteiger partial charge >= 0.3 is 0 Å². The van der Waals surface area contributed by atoms with Crippen LogP contribution in [0, 0.1) is 0 Å². The van der Waals surface area contributed by atoms with Crippen LogP contribution in [0.1, 0.15) is 0 Å². The Morgan fingerprint density at radius 2 is 2.11 bits per heavy atom. The normalized spacial score (nSPS) is 19.5. The Morgan fingerprint density at radius 1 is 1.26 bits per heavy atom. The van der Waals surface area contributed by atoms with Crippen LogP contribution in [0.15, 0.2) is 24.3 Å². The number of anilines is 1. The minimum atomic E-state index is -0.00946. The molecule has 1 aliphatic rings. The molecular weight excluding hydrogens is 246 g/mol. The molecule has 1 fully saturated rings. The van der Waals surface area contributed by atoms with Gasteiger partial charge in [0.1, 0.15) is 6.10 Å². The van der Waals surface area contributed by atoms with E-state index in [0.29, 0.717) is 37.9 Å². The molecule has 1 atom stereocenters. The summed E-state index contributed by atoms with van der Waals surface area (Å²) >= 11 is 0. The lowest BCUT2D eigenvalue weighted by molar-refractivity contribution is -0.0946. The molecular formula is C12H15N5O2. The number of benzene rings is 1. The van der Waals surface area contributed by atoms with Gasteiger partial charge in [0.15, 0.2) is 5.82 Å². The summed E-state index contributed by atoms with van der Waals surface area (Å²) in [7, 11) is 0. The maximum Gasteiger partial charge on any atom is 0.182 e. The first-order chi connectivity index (χ1) is 9.33. The van der Waals surface area contributed by atoms with Crippen molar-refractivity contribution in [3.05, 3.63) is 24.3 Å². The molecule has 0 saturated carbocycles. The van der Waals surface area contributed by atoms with E-state index < -0.39 is 0 Å². The average molecular weight is 261 g/mol. The molecule has 1 aliphatic heterocycles. The molecule has 0 radical (unpaired) electrons. The van der Waals surface area contributed by atoms with Gasteiger partial charge in [-0.05, 0) is 34.7 Å². The van der Waals surface area contributed by atoms with Crippen molar-refractivity contribution >= 4 is 5.69 Å². The summed E-state index contributed by atoms with van der Waals surface area (Å²) in [6, 6.07) is 7.45. The van der Waals surface area contributed by atoms with Crippen LogP contribution >= 0.6 is 0 Å². The lowest BCUT2D eigenvalue weighted by Crippen LogP contribution is -2.32. The van der Waals surface area contributed by atoms with E-state index in [1.165, 1.54) is 0 Å². The van der Waals surface area contributed by atoms with Gasteiger partial charge in [-0.2, -0.15) is 0 Å². The summed E-state index contributed by atoms with van der Waals surface area (Å²) in [6.45, 7) is 2.41. The Balaban J connectivity index is 1.79. The summed E-state index contributed by atoms with van der Waals surface area (Å²) in [5.41, 5.74) is 7.31. The number of nitrogens with zero attached hydrogens (tertiary/aromatic N) is 4. The summed E-state index contributed by atoms with van der Waals surface area (Å²) in [5.74, 6) is 0.703. The van der Waals surface area contributed by atoms with E-state index in [1.807, 2.05) is 24.3 Å². The second-order valence-corrected chi connectivity index (χ2v) is 4.37. The quantitative estimate of drug-likeness (QED) is 0.801. The molecule has 1 saturated heterocycles. The highest BCUT2D eigenvalue weighted by Gasteiger charge is 2.18. The zero-order chi connectivity index (χ0) is 13.1. The largest absolute Gasteiger partial charge is 0.399 e. The van der Waals surface area contributed by atoms with Crippen molar-refractivity contribution in [1.82, 2.24) is 20.2 Å². The number of tetrazole rings is 1. The van der Waals surface area contributed by atoms with E-state index in [2.05, 4.69) is 15.5 Å². The van der Waals surface area contributed by atoms with Gasteiger partial charge in [-0.1, -0.05) is 0 Å². The number of hydrogen-bond donors (Lipinski definition) is 1. The maximum absolute atomic E-state index is 5.67. The van der Waals surface area contributed by atoms with Crippen LogP contribution in [-0.4, -0.2) is 46.1 Å². The molecule has 100 valence electrons. The Labute approximate surface area is 110 Å². The van der Waals surface area contributed by atoms with E-state index >= 15 is 0 Å². The van der Waals surface area contributed by atoms with Crippen LogP contribution in [-0.2, 0) is 16.0 Å². The summed E-state index contributed by atoms with van der Waals surface area (Å²) in [6.07, 6.45) is -0.00946.